The molecule has 0 amide bonds. The highest BCUT2D eigenvalue weighted by molar-refractivity contribution is 6.20. The molecule has 3 aromatic heterocycles. The third-order valence-electron chi connectivity index (χ3n) is 3.43. The van der Waals surface area contributed by atoms with Gasteiger partial charge in [0, 0.05) is 30.6 Å². The molecule has 3 heterocycles. The number of pyridine rings is 2. The molecule has 0 aliphatic rings. The highest BCUT2D eigenvalue weighted by Crippen LogP contribution is 2.24. The standard InChI is InChI=1S/C16H17ClN4/c1-11-6-7-14-16(19-11)21(15(20-14)12(2)17)10-8-13-5-3-4-9-18-13/h3-7,9,12H,8,10H2,1-2H3. The highest BCUT2D eigenvalue weighted by atomic mass is 35.5. The molecule has 108 valence electrons. The average Bonchev–Trinajstić information content (AvgIpc) is 2.84. The van der Waals surface area contributed by atoms with E-state index in [1.165, 1.54) is 0 Å². The summed E-state index contributed by atoms with van der Waals surface area (Å²) in [6, 6.07) is 9.93. The third kappa shape index (κ3) is 2.90. The van der Waals surface area contributed by atoms with Gasteiger partial charge in [-0.25, -0.2) is 9.97 Å². The predicted molar refractivity (Wildman–Crippen MR) is 84.5 cm³/mol. The number of fused-ring (bicyclic) bond motifs is 1. The smallest absolute Gasteiger partial charge is 0.160 e. The summed E-state index contributed by atoms with van der Waals surface area (Å²) in [6.07, 6.45) is 2.65. The molecule has 3 rings (SSSR count). The van der Waals surface area contributed by atoms with Crippen LogP contribution in [0.3, 0.4) is 0 Å². The van der Waals surface area contributed by atoms with E-state index >= 15 is 0 Å². The van der Waals surface area contributed by atoms with Crippen LogP contribution >= 0.6 is 11.6 Å². The second-order valence-corrected chi connectivity index (χ2v) is 5.76. The molecule has 5 heteroatoms. The molecule has 0 aromatic carbocycles. The topological polar surface area (TPSA) is 43.6 Å². The molecule has 0 aliphatic carbocycles. The number of rotatable bonds is 4. The van der Waals surface area contributed by atoms with Gasteiger partial charge in [-0.15, -0.1) is 11.6 Å². The van der Waals surface area contributed by atoms with Gasteiger partial charge >= 0.3 is 0 Å². The molecule has 0 N–H and O–H groups in total. The van der Waals surface area contributed by atoms with Gasteiger partial charge in [0.05, 0.1) is 5.38 Å². The predicted octanol–water partition coefficient (Wildman–Crippen LogP) is 3.68. The lowest BCUT2D eigenvalue weighted by atomic mass is 10.2. The van der Waals surface area contributed by atoms with Gasteiger partial charge in [-0.1, -0.05) is 6.07 Å². The quantitative estimate of drug-likeness (QED) is 0.690. The van der Waals surface area contributed by atoms with Crippen LogP contribution in [0.2, 0.25) is 0 Å². The molecule has 3 aromatic rings. The highest BCUT2D eigenvalue weighted by Gasteiger charge is 2.16. The fourth-order valence-electron chi connectivity index (χ4n) is 2.41. The van der Waals surface area contributed by atoms with Crippen molar-refractivity contribution in [2.24, 2.45) is 0 Å². The van der Waals surface area contributed by atoms with Crippen LogP contribution in [0.4, 0.5) is 0 Å². The van der Waals surface area contributed by atoms with E-state index in [9.17, 15) is 0 Å². The van der Waals surface area contributed by atoms with E-state index < -0.39 is 0 Å². The number of halogens is 1. The van der Waals surface area contributed by atoms with Crippen molar-refractivity contribution >= 4 is 22.8 Å². The van der Waals surface area contributed by atoms with Crippen molar-refractivity contribution in [3.63, 3.8) is 0 Å². The maximum atomic E-state index is 6.27. The Hall–Kier alpha value is -1.94. The number of hydrogen-bond donors (Lipinski definition) is 0. The van der Waals surface area contributed by atoms with Gasteiger partial charge in [-0.3, -0.25) is 4.98 Å². The molecule has 0 fully saturated rings. The molecule has 4 nitrogen and oxygen atoms in total. The second kappa shape index (κ2) is 5.82. The van der Waals surface area contributed by atoms with E-state index in [0.717, 1.165) is 41.3 Å². The Balaban J connectivity index is 1.98. The minimum Gasteiger partial charge on any atom is -0.311 e. The SMILES string of the molecule is Cc1ccc2nc(C(C)Cl)n(CCc3ccccn3)c2n1. The van der Waals surface area contributed by atoms with Crippen molar-refractivity contribution in [3.05, 3.63) is 53.7 Å². The molecule has 0 spiro atoms. The first-order valence-corrected chi connectivity index (χ1v) is 7.46. The lowest BCUT2D eigenvalue weighted by Gasteiger charge is -2.09. The number of aromatic nitrogens is 4. The van der Waals surface area contributed by atoms with Crippen LogP contribution in [0.25, 0.3) is 11.2 Å². The van der Waals surface area contributed by atoms with E-state index in [4.69, 9.17) is 11.6 Å². The van der Waals surface area contributed by atoms with E-state index in [2.05, 4.69) is 19.5 Å². The largest absolute Gasteiger partial charge is 0.311 e. The normalized spacial score (nSPS) is 12.7. The molecular formula is C16H17ClN4. The van der Waals surface area contributed by atoms with Gasteiger partial charge < -0.3 is 4.57 Å². The van der Waals surface area contributed by atoms with Gasteiger partial charge in [-0.05, 0) is 38.1 Å². The number of imidazole rings is 1. The van der Waals surface area contributed by atoms with Crippen molar-refractivity contribution in [1.82, 2.24) is 19.5 Å². The Labute approximate surface area is 128 Å². The number of alkyl halides is 1. The lowest BCUT2D eigenvalue weighted by Crippen LogP contribution is -2.08. The summed E-state index contributed by atoms with van der Waals surface area (Å²) >= 11 is 6.27. The van der Waals surface area contributed by atoms with Crippen molar-refractivity contribution in [3.8, 4) is 0 Å². The minimum atomic E-state index is -0.150. The Kier molecular flexibility index (Phi) is 3.88. The Morgan fingerprint density at radius 2 is 2.05 bits per heavy atom. The minimum absolute atomic E-state index is 0.150. The Morgan fingerprint density at radius 1 is 1.19 bits per heavy atom. The van der Waals surface area contributed by atoms with E-state index in [-0.39, 0.29) is 5.38 Å². The van der Waals surface area contributed by atoms with Crippen molar-refractivity contribution in [2.75, 3.05) is 0 Å². The van der Waals surface area contributed by atoms with Gasteiger partial charge in [-0.2, -0.15) is 0 Å². The summed E-state index contributed by atoms with van der Waals surface area (Å²) in [4.78, 5) is 13.6. The zero-order chi connectivity index (χ0) is 14.8. The molecule has 21 heavy (non-hydrogen) atoms. The van der Waals surface area contributed by atoms with E-state index in [1.807, 2.05) is 50.4 Å². The summed E-state index contributed by atoms with van der Waals surface area (Å²) in [7, 11) is 0. The summed E-state index contributed by atoms with van der Waals surface area (Å²) in [6.45, 7) is 4.70. The van der Waals surface area contributed by atoms with Gasteiger partial charge in [0.2, 0.25) is 0 Å². The van der Waals surface area contributed by atoms with Crippen LogP contribution in [-0.4, -0.2) is 19.5 Å². The average molecular weight is 301 g/mol. The summed E-state index contributed by atoms with van der Waals surface area (Å²) < 4.78 is 2.11. The molecular weight excluding hydrogens is 284 g/mol. The van der Waals surface area contributed by atoms with Crippen LogP contribution in [0.1, 0.15) is 29.5 Å². The van der Waals surface area contributed by atoms with Gasteiger partial charge in [0.15, 0.2) is 5.65 Å². The zero-order valence-corrected chi connectivity index (χ0v) is 12.9. The molecule has 0 bridgehead atoms. The maximum absolute atomic E-state index is 6.27. The molecule has 0 aliphatic heterocycles. The third-order valence-corrected chi connectivity index (χ3v) is 3.63. The van der Waals surface area contributed by atoms with E-state index in [0.29, 0.717) is 0 Å². The van der Waals surface area contributed by atoms with Crippen LogP contribution in [0.5, 0.6) is 0 Å². The maximum Gasteiger partial charge on any atom is 0.160 e. The van der Waals surface area contributed by atoms with Crippen molar-refractivity contribution in [2.45, 2.75) is 32.2 Å². The molecule has 0 saturated heterocycles. The van der Waals surface area contributed by atoms with Crippen LogP contribution in [-0.2, 0) is 13.0 Å². The number of aryl methyl sites for hydroxylation is 3. The first kappa shape index (κ1) is 14.0. The summed E-state index contributed by atoms with van der Waals surface area (Å²) in [5.74, 6) is 0.862. The first-order chi connectivity index (χ1) is 10.1. The van der Waals surface area contributed by atoms with Gasteiger partial charge in [0.25, 0.3) is 0 Å². The van der Waals surface area contributed by atoms with E-state index in [1.54, 1.807) is 0 Å². The number of hydrogen-bond acceptors (Lipinski definition) is 3. The summed E-state index contributed by atoms with van der Waals surface area (Å²) in [5.41, 5.74) is 3.83. The van der Waals surface area contributed by atoms with Crippen LogP contribution in [0, 0.1) is 6.92 Å². The van der Waals surface area contributed by atoms with Crippen molar-refractivity contribution in [1.29, 1.82) is 0 Å². The van der Waals surface area contributed by atoms with Crippen LogP contribution in [0.15, 0.2) is 36.5 Å². The monoisotopic (exact) mass is 300 g/mol. The molecule has 0 radical (unpaired) electrons. The molecule has 1 unspecified atom stereocenters. The Morgan fingerprint density at radius 3 is 2.76 bits per heavy atom. The van der Waals surface area contributed by atoms with Crippen molar-refractivity contribution < 1.29 is 0 Å². The van der Waals surface area contributed by atoms with Gasteiger partial charge in [0.1, 0.15) is 11.3 Å². The lowest BCUT2D eigenvalue weighted by molar-refractivity contribution is 0.655. The molecule has 1 atom stereocenters. The first-order valence-electron chi connectivity index (χ1n) is 7.03. The molecule has 0 saturated carbocycles. The zero-order valence-electron chi connectivity index (χ0n) is 12.1. The van der Waals surface area contributed by atoms with Crippen LogP contribution < -0.4 is 0 Å². The number of nitrogens with zero attached hydrogens (tertiary/aromatic N) is 4. The fourth-order valence-corrected chi connectivity index (χ4v) is 2.58. The fraction of sp³-hybridized carbons (Fsp3) is 0.312. The summed E-state index contributed by atoms with van der Waals surface area (Å²) in [5, 5.41) is -0.150. The second-order valence-electron chi connectivity index (χ2n) is 5.10. The Bertz CT molecular complexity index is 750.